The van der Waals surface area contributed by atoms with E-state index < -0.39 is 12.0 Å². The summed E-state index contributed by atoms with van der Waals surface area (Å²) >= 11 is 0. The molecule has 5 rings (SSSR count). The number of ether oxygens (including phenoxy) is 1. The fourth-order valence-corrected chi connectivity index (χ4v) is 5.14. The predicted molar refractivity (Wildman–Crippen MR) is 150 cm³/mol. The fraction of sp³-hybridized carbons (Fsp3) is 0.357. The summed E-state index contributed by atoms with van der Waals surface area (Å²) in [6.45, 7) is 5.17. The lowest BCUT2D eigenvalue weighted by atomic mass is 10.1. The minimum Gasteiger partial charge on any atom is -0.489 e. The average molecular weight is 561 g/mol. The molecule has 0 radical (unpaired) electrons. The van der Waals surface area contributed by atoms with E-state index in [0.717, 1.165) is 11.3 Å². The molecule has 1 atom stereocenters. The zero-order valence-electron chi connectivity index (χ0n) is 22.9. The molecule has 4 aromatic rings. The summed E-state index contributed by atoms with van der Waals surface area (Å²) in [4.78, 5) is 47.1. The van der Waals surface area contributed by atoms with Gasteiger partial charge in [0.25, 0.3) is 5.91 Å². The first kappa shape index (κ1) is 27.6. The molecule has 41 heavy (non-hydrogen) atoms. The summed E-state index contributed by atoms with van der Waals surface area (Å²) in [6.07, 6.45) is 4.30. The molecule has 3 aromatic heterocycles. The van der Waals surface area contributed by atoms with Crippen molar-refractivity contribution in [2.45, 2.75) is 52.2 Å². The monoisotopic (exact) mass is 560 g/mol. The van der Waals surface area contributed by atoms with Crippen LogP contribution in [-0.2, 0) is 13.1 Å². The van der Waals surface area contributed by atoms with Crippen LogP contribution in [0, 0.1) is 6.92 Å². The Kier molecular flexibility index (Phi) is 7.86. The van der Waals surface area contributed by atoms with Crippen LogP contribution in [0.2, 0.25) is 0 Å². The lowest BCUT2D eigenvalue weighted by molar-refractivity contribution is 0.0995. The molecule has 0 saturated carbocycles. The van der Waals surface area contributed by atoms with Gasteiger partial charge in [-0.15, -0.1) is 0 Å². The van der Waals surface area contributed by atoms with Crippen LogP contribution in [0.15, 0.2) is 42.7 Å². The maximum atomic E-state index is 13.3. The third kappa shape index (κ3) is 5.83. The van der Waals surface area contributed by atoms with Gasteiger partial charge in [0.15, 0.2) is 0 Å². The lowest BCUT2D eigenvalue weighted by Gasteiger charge is -2.28. The zero-order valence-corrected chi connectivity index (χ0v) is 22.9. The Bertz CT molecular complexity index is 1600. The molecule has 4 heterocycles. The third-order valence-electron chi connectivity index (χ3n) is 7.07. The van der Waals surface area contributed by atoms with E-state index in [4.69, 9.17) is 10.5 Å². The van der Waals surface area contributed by atoms with Gasteiger partial charge in [-0.25, -0.2) is 9.78 Å². The lowest BCUT2D eigenvalue weighted by Crippen LogP contribution is -2.30. The van der Waals surface area contributed by atoms with Crippen LogP contribution in [0.5, 0.6) is 5.75 Å². The fourth-order valence-electron chi connectivity index (χ4n) is 5.14. The molecule has 0 saturated heterocycles. The summed E-state index contributed by atoms with van der Waals surface area (Å²) in [6, 6.07) is 8.33. The molecule has 214 valence electrons. The van der Waals surface area contributed by atoms with Crippen LogP contribution < -0.4 is 15.8 Å². The van der Waals surface area contributed by atoms with Crippen molar-refractivity contribution in [1.82, 2.24) is 29.2 Å². The Morgan fingerprint density at radius 3 is 2.78 bits per heavy atom. The number of nitrogens with two attached hydrogens (primary N) is 1. The van der Waals surface area contributed by atoms with Crippen molar-refractivity contribution in [2.24, 2.45) is 5.73 Å². The number of aromatic nitrogens is 5. The molecule has 0 bridgehead atoms. The van der Waals surface area contributed by atoms with Gasteiger partial charge in [0.1, 0.15) is 23.6 Å². The van der Waals surface area contributed by atoms with Crippen molar-refractivity contribution in [2.75, 3.05) is 18.5 Å². The second-order valence-corrected chi connectivity index (χ2v) is 9.98. The first-order valence-corrected chi connectivity index (χ1v) is 13.5. The number of aryl methyl sites for hydroxylation is 2. The molecular formula is C28H32N8O5. The molecule has 4 N–H and O–H groups in total. The quantitative estimate of drug-likeness (QED) is 0.234. The number of primary amides is 1. The molecule has 13 nitrogen and oxygen atoms in total. The van der Waals surface area contributed by atoms with Gasteiger partial charge in [0.2, 0.25) is 11.9 Å². The highest BCUT2D eigenvalue weighted by atomic mass is 16.5. The summed E-state index contributed by atoms with van der Waals surface area (Å²) in [5.74, 6) is -0.172. The number of imidazole rings is 1. The highest BCUT2D eigenvalue weighted by Crippen LogP contribution is 2.38. The van der Waals surface area contributed by atoms with Gasteiger partial charge in [-0.3, -0.25) is 24.6 Å². The maximum absolute atomic E-state index is 13.3. The van der Waals surface area contributed by atoms with Crippen molar-refractivity contribution in [3.63, 3.8) is 0 Å². The smallest absolute Gasteiger partial charge is 0.407 e. The summed E-state index contributed by atoms with van der Waals surface area (Å²) in [5, 5.41) is 17.0. The predicted octanol–water partition coefficient (Wildman–Crippen LogP) is 3.59. The van der Waals surface area contributed by atoms with E-state index in [1.54, 1.807) is 41.3 Å². The van der Waals surface area contributed by atoms with Gasteiger partial charge in [-0.2, -0.15) is 5.10 Å². The number of carboxylic acid groups (broad SMARTS) is 1. The van der Waals surface area contributed by atoms with E-state index in [2.05, 4.69) is 20.4 Å². The van der Waals surface area contributed by atoms with Gasteiger partial charge < -0.3 is 25.0 Å². The molecule has 13 heteroatoms. The zero-order chi connectivity index (χ0) is 29.1. The van der Waals surface area contributed by atoms with Crippen LogP contribution >= 0.6 is 0 Å². The van der Waals surface area contributed by atoms with Gasteiger partial charge >= 0.3 is 6.09 Å². The number of unbranched alkanes of at least 4 members (excludes halogenated alkanes) is 1. The highest BCUT2D eigenvalue weighted by Gasteiger charge is 2.29. The van der Waals surface area contributed by atoms with Gasteiger partial charge in [-0.1, -0.05) is 6.07 Å². The van der Waals surface area contributed by atoms with Gasteiger partial charge in [-0.05, 0) is 62.9 Å². The van der Waals surface area contributed by atoms with Gasteiger partial charge in [0.05, 0.1) is 23.8 Å². The van der Waals surface area contributed by atoms with Crippen LogP contribution in [-0.4, -0.2) is 65.4 Å². The van der Waals surface area contributed by atoms with E-state index in [1.807, 2.05) is 24.5 Å². The Hall–Kier alpha value is -4.94. The van der Waals surface area contributed by atoms with E-state index in [1.165, 1.54) is 4.90 Å². The van der Waals surface area contributed by atoms with Gasteiger partial charge in [0, 0.05) is 31.0 Å². The van der Waals surface area contributed by atoms with Crippen molar-refractivity contribution >= 4 is 34.9 Å². The van der Waals surface area contributed by atoms with Crippen molar-refractivity contribution in [3.05, 3.63) is 65.2 Å². The second kappa shape index (κ2) is 11.7. The molecule has 1 aromatic carbocycles. The highest BCUT2D eigenvalue weighted by molar-refractivity contribution is 6.04. The number of hydrogen-bond donors (Lipinski definition) is 3. The number of amides is 3. The Balaban J connectivity index is 1.36. The standard InChI is InChI=1S/C28H32N8O5/c1-3-35-22(11-17(2)33-35)26(38)32-27-31-21-12-19(25(29)37)13-23-24(21)36(27)20(16-41-23)8-4-5-10-34(28(39)40)15-18-7-6-9-30-14-18/h6-7,9,11-14,20H,3-5,8,10,15-16H2,1-2H3,(H2,29,37)(H,39,40)(H,31,32,38)/t20-/m0/s1. The minimum atomic E-state index is -0.989. The number of carbonyl (C=O) groups excluding carboxylic acids is 2. The third-order valence-corrected chi connectivity index (χ3v) is 7.07. The number of carbonyl (C=O) groups is 3. The number of anilines is 1. The molecular weight excluding hydrogens is 528 g/mol. The van der Waals surface area contributed by atoms with Crippen LogP contribution in [0.25, 0.3) is 11.0 Å². The number of rotatable bonds is 11. The Labute approximate surface area is 235 Å². The van der Waals surface area contributed by atoms with E-state index in [9.17, 15) is 19.5 Å². The van der Waals surface area contributed by atoms with E-state index in [-0.39, 0.29) is 30.7 Å². The summed E-state index contributed by atoms with van der Waals surface area (Å²) in [5.41, 5.74) is 8.88. The molecule has 0 fully saturated rings. The second-order valence-electron chi connectivity index (χ2n) is 9.98. The Morgan fingerprint density at radius 1 is 1.24 bits per heavy atom. The molecule has 0 aliphatic carbocycles. The number of nitrogens with zero attached hydrogens (tertiary/aromatic N) is 6. The number of pyridine rings is 1. The van der Waals surface area contributed by atoms with E-state index >= 15 is 0 Å². The van der Waals surface area contributed by atoms with Crippen molar-refractivity contribution in [3.8, 4) is 5.75 Å². The topological polar surface area (TPSA) is 170 Å². The Morgan fingerprint density at radius 2 is 2.07 bits per heavy atom. The normalized spacial score (nSPS) is 14.0. The van der Waals surface area contributed by atoms with Crippen molar-refractivity contribution < 1.29 is 24.2 Å². The molecule has 1 aliphatic rings. The first-order chi connectivity index (χ1) is 19.7. The average Bonchev–Trinajstić information content (AvgIpc) is 3.52. The summed E-state index contributed by atoms with van der Waals surface area (Å²) in [7, 11) is 0. The molecule has 1 aliphatic heterocycles. The van der Waals surface area contributed by atoms with Crippen LogP contribution in [0.1, 0.15) is 64.3 Å². The molecule has 0 spiro atoms. The SMILES string of the molecule is CCn1nc(C)cc1C(=O)Nc1nc2cc(C(N)=O)cc3c2n1[C@@H](CCCCN(Cc1cccnc1)C(=O)O)CO3. The maximum Gasteiger partial charge on any atom is 0.407 e. The van der Waals surface area contributed by atoms with Crippen molar-refractivity contribution in [1.29, 1.82) is 0 Å². The largest absolute Gasteiger partial charge is 0.489 e. The number of benzene rings is 1. The van der Waals surface area contributed by atoms with Crippen LogP contribution in [0.4, 0.5) is 10.7 Å². The summed E-state index contributed by atoms with van der Waals surface area (Å²) < 4.78 is 9.59. The number of hydrogen-bond acceptors (Lipinski definition) is 7. The van der Waals surface area contributed by atoms with E-state index in [0.29, 0.717) is 60.8 Å². The molecule has 0 unspecified atom stereocenters. The first-order valence-electron chi connectivity index (χ1n) is 13.5. The molecule has 3 amide bonds. The number of nitrogens with one attached hydrogen (secondary N) is 1. The van der Waals surface area contributed by atoms with Crippen LogP contribution in [0.3, 0.4) is 0 Å². The minimum absolute atomic E-state index is 0.184.